The quantitative estimate of drug-likeness (QED) is 0.527. The Hall–Kier alpha value is 0.429. The second-order valence-corrected chi connectivity index (χ2v) is 4.55. The molecule has 0 N–H and O–H groups in total. The summed E-state index contributed by atoms with van der Waals surface area (Å²) in [6.07, 6.45) is 1.84. The van der Waals surface area contributed by atoms with Crippen molar-refractivity contribution < 1.29 is 0 Å². The molecule has 0 saturated carbocycles. The SMILES string of the molecule is [SnH][c]1nccs1. The molecular weight excluding hydrogens is 201 g/mol. The molecule has 3 heteroatoms. The van der Waals surface area contributed by atoms with E-state index < -0.39 is 0 Å². The van der Waals surface area contributed by atoms with Gasteiger partial charge >= 0.3 is 53.4 Å². The van der Waals surface area contributed by atoms with Crippen LogP contribution < -0.4 is 3.02 Å². The standard InChI is InChI=1S/C3H2NS.Sn.H/c1-2-5-3-4-1;;/h1-2H;;. The molecule has 0 unspecified atom stereocenters. The van der Waals surface area contributed by atoms with Gasteiger partial charge in [-0.25, -0.2) is 0 Å². The van der Waals surface area contributed by atoms with Crippen LogP contribution in [0.5, 0.6) is 0 Å². The molecular formula is C3H3NSSn. The minimum absolute atomic E-state index is 1.16. The van der Waals surface area contributed by atoms with E-state index in [4.69, 9.17) is 0 Å². The third kappa shape index (κ3) is 0.943. The molecule has 0 spiro atoms. The van der Waals surface area contributed by atoms with Gasteiger partial charge in [-0.3, -0.25) is 0 Å². The van der Waals surface area contributed by atoms with E-state index in [1.54, 1.807) is 11.3 Å². The van der Waals surface area contributed by atoms with Crippen molar-refractivity contribution in [2.75, 3.05) is 0 Å². The molecule has 0 aliphatic rings. The van der Waals surface area contributed by atoms with Gasteiger partial charge in [0.25, 0.3) is 0 Å². The second-order valence-electron chi connectivity index (χ2n) is 0.870. The predicted octanol–water partition coefficient (Wildman–Crippen LogP) is -0.331. The Morgan fingerprint density at radius 1 is 1.83 bits per heavy atom. The number of hydrogen-bond donors (Lipinski definition) is 0. The van der Waals surface area contributed by atoms with Gasteiger partial charge in [-0.2, -0.15) is 0 Å². The minimum atomic E-state index is 1.16. The summed E-state index contributed by atoms with van der Waals surface area (Å²) in [5.74, 6) is 0. The van der Waals surface area contributed by atoms with Gasteiger partial charge in [0.2, 0.25) is 0 Å². The van der Waals surface area contributed by atoms with Crippen molar-refractivity contribution in [1.82, 2.24) is 4.98 Å². The van der Waals surface area contributed by atoms with Crippen LogP contribution in [0.25, 0.3) is 0 Å². The number of hydrogen-bond acceptors (Lipinski definition) is 2. The molecule has 0 aliphatic heterocycles. The fraction of sp³-hybridized carbons (Fsp3) is 0. The topological polar surface area (TPSA) is 12.9 Å². The van der Waals surface area contributed by atoms with Crippen LogP contribution in [0.4, 0.5) is 0 Å². The zero-order chi connectivity index (χ0) is 4.41. The average Bonchev–Trinajstić information content (AvgIpc) is 1.86. The van der Waals surface area contributed by atoms with Gasteiger partial charge in [0.1, 0.15) is 0 Å². The van der Waals surface area contributed by atoms with Crippen LogP contribution in [0.3, 0.4) is 0 Å². The molecule has 0 saturated heterocycles. The van der Waals surface area contributed by atoms with E-state index in [9.17, 15) is 0 Å². The normalized spacial score (nSPS) is 8.83. The van der Waals surface area contributed by atoms with Gasteiger partial charge < -0.3 is 0 Å². The molecule has 6 heavy (non-hydrogen) atoms. The van der Waals surface area contributed by atoms with Gasteiger partial charge in [-0.1, -0.05) is 0 Å². The Bertz CT molecular complexity index is 114. The summed E-state index contributed by atoms with van der Waals surface area (Å²) in [5.41, 5.74) is 0. The van der Waals surface area contributed by atoms with Crippen molar-refractivity contribution in [2.24, 2.45) is 0 Å². The first-order valence-electron chi connectivity index (χ1n) is 1.54. The molecule has 1 rings (SSSR count). The molecule has 2 radical (unpaired) electrons. The van der Waals surface area contributed by atoms with Crippen LogP contribution in [0.15, 0.2) is 11.6 Å². The number of thiazole rings is 1. The summed E-state index contributed by atoms with van der Waals surface area (Å²) < 4.78 is 1.26. The predicted molar refractivity (Wildman–Crippen MR) is 28.9 cm³/mol. The van der Waals surface area contributed by atoms with Crippen molar-refractivity contribution in [3.8, 4) is 0 Å². The maximum absolute atomic E-state index is 3.99. The summed E-state index contributed by atoms with van der Waals surface area (Å²) in [5, 5.41) is 2.00. The van der Waals surface area contributed by atoms with Crippen molar-refractivity contribution in [3.05, 3.63) is 11.6 Å². The van der Waals surface area contributed by atoms with Gasteiger partial charge in [0.05, 0.1) is 0 Å². The van der Waals surface area contributed by atoms with Crippen LogP contribution in [-0.4, -0.2) is 27.5 Å². The van der Waals surface area contributed by atoms with Crippen LogP contribution in [0.2, 0.25) is 0 Å². The first kappa shape index (κ1) is 4.58. The van der Waals surface area contributed by atoms with Crippen molar-refractivity contribution >= 4 is 36.9 Å². The zero-order valence-electron chi connectivity index (χ0n) is 3.09. The first-order valence-corrected chi connectivity index (χ1v) is 4.07. The molecule has 0 bridgehead atoms. The second kappa shape index (κ2) is 1.93. The van der Waals surface area contributed by atoms with Crippen molar-refractivity contribution in [1.29, 1.82) is 0 Å². The fourth-order valence-corrected chi connectivity index (χ4v) is 1.54. The molecule has 0 atom stereocenters. The molecule has 1 aromatic rings. The van der Waals surface area contributed by atoms with Crippen molar-refractivity contribution in [2.45, 2.75) is 0 Å². The molecule has 0 aliphatic carbocycles. The Morgan fingerprint density at radius 3 is 2.83 bits per heavy atom. The third-order valence-corrected chi connectivity index (χ3v) is 2.65. The summed E-state index contributed by atoms with van der Waals surface area (Å²) in [6.45, 7) is 0. The molecule has 0 aromatic carbocycles. The monoisotopic (exact) mass is 205 g/mol. The molecule has 0 fully saturated rings. The molecule has 1 heterocycles. The molecule has 30 valence electrons. The number of nitrogens with zero attached hydrogens (tertiary/aromatic N) is 1. The third-order valence-electron chi connectivity index (χ3n) is 0.451. The Labute approximate surface area is 53.5 Å². The molecule has 1 aromatic heterocycles. The number of rotatable bonds is 0. The van der Waals surface area contributed by atoms with Crippen LogP contribution in [-0.2, 0) is 0 Å². The summed E-state index contributed by atoms with van der Waals surface area (Å²) in [6, 6.07) is 0. The average molecular weight is 204 g/mol. The van der Waals surface area contributed by atoms with E-state index in [1.165, 1.54) is 3.02 Å². The number of aromatic nitrogens is 1. The zero-order valence-corrected chi connectivity index (χ0v) is 7.20. The first-order chi connectivity index (χ1) is 2.89. The van der Waals surface area contributed by atoms with Crippen LogP contribution >= 0.6 is 11.3 Å². The van der Waals surface area contributed by atoms with E-state index >= 15 is 0 Å². The van der Waals surface area contributed by atoms with Gasteiger partial charge in [-0.15, -0.1) is 0 Å². The molecule has 0 amide bonds. The Morgan fingerprint density at radius 2 is 2.67 bits per heavy atom. The van der Waals surface area contributed by atoms with Crippen LogP contribution in [0.1, 0.15) is 0 Å². The van der Waals surface area contributed by atoms with Crippen LogP contribution in [0, 0.1) is 0 Å². The van der Waals surface area contributed by atoms with Crippen molar-refractivity contribution in [3.63, 3.8) is 0 Å². The van der Waals surface area contributed by atoms with Gasteiger partial charge in [0, 0.05) is 0 Å². The van der Waals surface area contributed by atoms with E-state index in [1.807, 2.05) is 11.6 Å². The van der Waals surface area contributed by atoms with Gasteiger partial charge in [-0.05, 0) is 0 Å². The maximum atomic E-state index is 3.99. The summed E-state index contributed by atoms with van der Waals surface area (Å²) in [4.78, 5) is 3.99. The summed E-state index contributed by atoms with van der Waals surface area (Å²) in [7, 11) is 0. The fourth-order valence-electron chi connectivity index (χ4n) is 0.234. The Balaban J connectivity index is 3.05. The Kier molecular flexibility index (Phi) is 1.47. The van der Waals surface area contributed by atoms with E-state index in [2.05, 4.69) is 4.98 Å². The van der Waals surface area contributed by atoms with E-state index in [0.29, 0.717) is 0 Å². The van der Waals surface area contributed by atoms with E-state index in [0.717, 1.165) is 22.5 Å². The van der Waals surface area contributed by atoms with E-state index in [-0.39, 0.29) is 0 Å². The molecule has 1 nitrogen and oxygen atoms in total. The van der Waals surface area contributed by atoms with Gasteiger partial charge in [0.15, 0.2) is 0 Å². The summed E-state index contributed by atoms with van der Waals surface area (Å²) >= 11 is 2.88.